The fraction of sp³-hybridized carbons (Fsp3) is 0.190. The highest BCUT2D eigenvalue weighted by atomic mass is 16.2. The van der Waals surface area contributed by atoms with Gasteiger partial charge in [0, 0.05) is 30.5 Å². The third kappa shape index (κ3) is 3.72. The van der Waals surface area contributed by atoms with Gasteiger partial charge in [0.1, 0.15) is 17.8 Å². The molecule has 0 aliphatic heterocycles. The molecule has 1 aromatic heterocycles. The summed E-state index contributed by atoms with van der Waals surface area (Å²) in [5.74, 6) is 0.577. The first-order valence-electron chi connectivity index (χ1n) is 8.76. The van der Waals surface area contributed by atoms with Crippen molar-refractivity contribution in [1.82, 2.24) is 9.97 Å². The maximum atomic E-state index is 13.0. The van der Waals surface area contributed by atoms with E-state index in [4.69, 9.17) is 0 Å². The zero-order valence-electron chi connectivity index (χ0n) is 15.0. The third-order valence-electron chi connectivity index (χ3n) is 4.16. The number of benzene rings is 2. The lowest BCUT2D eigenvalue weighted by Crippen LogP contribution is -2.31. The number of carbonyl (C=O) groups excluding carboxylic acids is 1. The maximum absolute atomic E-state index is 13.0. The van der Waals surface area contributed by atoms with E-state index in [9.17, 15) is 4.79 Å². The molecule has 0 N–H and O–H groups in total. The molecule has 0 saturated carbocycles. The number of hydrogen-bond donors (Lipinski definition) is 0. The highest BCUT2D eigenvalue weighted by Crippen LogP contribution is 2.24. The molecule has 0 saturated heterocycles. The Bertz CT molecular complexity index is 852. The number of anilines is 3. The maximum Gasteiger partial charge on any atom is 0.277 e. The topological polar surface area (TPSA) is 49.3 Å². The van der Waals surface area contributed by atoms with Gasteiger partial charge in [0.25, 0.3) is 5.91 Å². The van der Waals surface area contributed by atoms with Gasteiger partial charge in [-0.2, -0.15) is 0 Å². The summed E-state index contributed by atoms with van der Waals surface area (Å²) in [6, 6.07) is 21.4. The quantitative estimate of drug-likeness (QED) is 0.668. The lowest BCUT2D eigenvalue weighted by molar-refractivity contribution is 0.0983. The van der Waals surface area contributed by atoms with Crippen LogP contribution in [0.2, 0.25) is 0 Å². The Kier molecular flexibility index (Phi) is 5.59. The number of carbonyl (C=O) groups is 1. The highest BCUT2D eigenvalue weighted by molar-refractivity contribution is 6.05. The van der Waals surface area contributed by atoms with E-state index in [1.165, 1.54) is 6.33 Å². The van der Waals surface area contributed by atoms with Crippen molar-refractivity contribution in [3.63, 3.8) is 0 Å². The van der Waals surface area contributed by atoms with E-state index in [1.807, 2.05) is 67.6 Å². The molecule has 5 nitrogen and oxygen atoms in total. The molecule has 0 bridgehead atoms. The molecule has 0 aliphatic rings. The first-order valence-corrected chi connectivity index (χ1v) is 8.76. The molecule has 3 aromatic rings. The number of rotatable bonds is 6. The molecule has 5 heteroatoms. The van der Waals surface area contributed by atoms with E-state index in [-0.39, 0.29) is 5.91 Å². The number of hydrogen-bond acceptors (Lipinski definition) is 4. The standard InChI is InChI=1S/C21H22N4O/c1-3-24(17-11-7-5-8-12-17)20-15-19(22-16-23-20)21(26)25(4-2)18-13-9-6-10-14-18/h5-16H,3-4H2,1-2H3. The first kappa shape index (κ1) is 17.6. The van der Waals surface area contributed by atoms with Gasteiger partial charge in [0.05, 0.1) is 0 Å². The van der Waals surface area contributed by atoms with Crippen LogP contribution < -0.4 is 9.80 Å². The molecular weight excluding hydrogens is 324 g/mol. The van der Waals surface area contributed by atoms with Crippen molar-refractivity contribution in [2.24, 2.45) is 0 Å². The lowest BCUT2D eigenvalue weighted by atomic mass is 10.2. The van der Waals surface area contributed by atoms with Gasteiger partial charge in [-0.1, -0.05) is 36.4 Å². The van der Waals surface area contributed by atoms with Crippen LogP contribution >= 0.6 is 0 Å². The first-order chi connectivity index (χ1) is 12.7. The smallest absolute Gasteiger partial charge is 0.277 e. The molecule has 0 aliphatic carbocycles. The Labute approximate surface area is 153 Å². The summed E-state index contributed by atoms with van der Waals surface area (Å²) in [7, 11) is 0. The normalized spacial score (nSPS) is 10.4. The van der Waals surface area contributed by atoms with Crippen molar-refractivity contribution in [3.8, 4) is 0 Å². The summed E-state index contributed by atoms with van der Waals surface area (Å²) in [6.07, 6.45) is 1.45. The Hall–Kier alpha value is -3.21. The zero-order chi connectivity index (χ0) is 18.4. The molecule has 2 aromatic carbocycles. The Morgan fingerprint density at radius 3 is 2.04 bits per heavy atom. The van der Waals surface area contributed by atoms with Crippen molar-refractivity contribution >= 4 is 23.1 Å². The summed E-state index contributed by atoms with van der Waals surface area (Å²) in [6.45, 7) is 5.32. The third-order valence-corrected chi connectivity index (χ3v) is 4.16. The van der Waals surface area contributed by atoms with Gasteiger partial charge in [-0.25, -0.2) is 9.97 Å². The molecule has 1 amide bonds. The van der Waals surface area contributed by atoms with Crippen LogP contribution in [-0.2, 0) is 0 Å². The molecule has 0 unspecified atom stereocenters. The van der Waals surface area contributed by atoms with Crippen molar-refractivity contribution in [2.45, 2.75) is 13.8 Å². The number of amides is 1. The van der Waals surface area contributed by atoms with Crippen molar-refractivity contribution in [3.05, 3.63) is 78.8 Å². The predicted octanol–water partition coefficient (Wildman–Crippen LogP) is 4.30. The van der Waals surface area contributed by atoms with Gasteiger partial charge < -0.3 is 9.80 Å². The lowest BCUT2D eigenvalue weighted by Gasteiger charge is -2.23. The fourth-order valence-corrected chi connectivity index (χ4v) is 2.89. The van der Waals surface area contributed by atoms with E-state index >= 15 is 0 Å². The van der Waals surface area contributed by atoms with Crippen LogP contribution in [0.15, 0.2) is 73.1 Å². The van der Waals surface area contributed by atoms with Crippen LogP contribution in [0.5, 0.6) is 0 Å². The van der Waals surface area contributed by atoms with E-state index in [2.05, 4.69) is 21.8 Å². The summed E-state index contributed by atoms with van der Waals surface area (Å²) in [5.41, 5.74) is 2.27. The monoisotopic (exact) mass is 346 g/mol. The van der Waals surface area contributed by atoms with Crippen LogP contribution in [0.1, 0.15) is 24.3 Å². The molecule has 3 rings (SSSR count). The average Bonchev–Trinajstić information content (AvgIpc) is 2.71. The highest BCUT2D eigenvalue weighted by Gasteiger charge is 2.19. The molecule has 0 atom stereocenters. The molecule has 0 fully saturated rings. The van der Waals surface area contributed by atoms with E-state index in [0.717, 1.165) is 17.9 Å². The van der Waals surface area contributed by atoms with E-state index < -0.39 is 0 Å². The van der Waals surface area contributed by atoms with Gasteiger partial charge in [0.15, 0.2) is 0 Å². The Balaban J connectivity index is 1.92. The summed E-state index contributed by atoms with van der Waals surface area (Å²) in [4.78, 5) is 25.3. The zero-order valence-corrected chi connectivity index (χ0v) is 15.0. The van der Waals surface area contributed by atoms with Crippen molar-refractivity contribution in [2.75, 3.05) is 22.9 Å². The molecule has 26 heavy (non-hydrogen) atoms. The second-order valence-corrected chi connectivity index (χ2v) is 5.73. The number of nitrogens with zero attached hydrogens (tertiary/aromatic N) is 4. The van der Waals surface area contributed by atoms with Crippen molar-refractivity contribution < 1.29 is 4.79 Å². The van der Waals surface area contributed by atoms with Gasteiger partial charge >= 0.3 is 0 Å². The molecule has 1 heterocycles. The molecule has 0 spiro atoms. The summed E-state index contributed by atoms with van der Waals surface area (Å²) < 4.78 is 0. The van der Waals surface area contributed by atoms with Gasteiger partial charge in [-0.15, -0.1) is 0 Å². The predicted molar refractivity (Wildman–Crippen MR) is 105 cm³/mol. The number of para-hydroxylation sites is 2. The molecule has 132 valence electrons. The van der Waals surface area contributed by atoms with Gasteiger partial charge in [0.2, 0.25) is 0 Å². The second kappa shape index (κ2) is 8.25. The minimum absolute atomic E-state index is 0.133. The van der Waals surface area contributed by atoms with Crippen LogP contribution in [0.25, 0.3) is 0 Å². The Morgan fingerprint density at radius 2 is 1.46 bits per heavy atom. The second-order valence-electron chi connectivity index (χ2n) is 5.73. The Morgan fingerprint density at radius 1 is 0.846 bits per heavy atom. The summed E-state index contributed by atoms with van der Waals surface area (Å²) in [5, 5.41) is 0. The molecule has 0 radical (unpaired) electrons. The minimum Gasteiger partial charge on any atom is -0.327 e. The van der Waals surface area contributed by atoms with Gasteiger partial charge in [-0.3, -0.25) is 4.79 Å². The van der Waals surface area contributed by atoms with Crippen LogP contribution in [0.4, 0.5) is 17.2 Å². The summed E-state index contributed by atoms with van der Waals surface area (Å²) >= 11 is 0. The largest absolute Gasteiger partial charge is 0.327 e. The average molecular weight is 346 g/mol. The fourth-order valence-electron chi connectivity index (χ4n) is 2.89. The SMILES string of the molecule is CCN(C(=O)c1cc(N(CC)c2ccccc2)ncn1)c1ccccc1. The number of aromatic nitrogens is 2. The van der Waals surface area contributed by atoms with Crippen LogP contribution in [0, 0.1) is 0 Å². The minimum atomic E-state index is -0.133. The van der Waals surface area contributed by atoms with E-state index in [1.54, 1.807) is 11.0 Å². The van der Waals surface area contributed by atoms with Crippen molar-refractivity contribution in [1.29, 1.82) is 0 Å². The van der Waals surface area contributed by atoms with Crippen LogP contribution in [-0.4, -0.2) is 29.0 Å². The van der Waals surface area contributed by atoms with Crippen LogP contribution in [0.3, 0.4) is 0 Å². The van der Waals surface area contributed by atoms with Gasteiger partial charge in [-0.05, 0) is 38.1 Å². The van der Waals surface area contributed by atoms with E-state index in [0.29, 0.717) is 18.1 Å². The molecular formula is C21H22N4O.